The summed E-state index contributed by atoms with van der Waals surface area (Å²) >= 11 is 0. The first kappa shape index (κ1) is 13.9. The normalized spacial score (nSPS) is 18.7. The van der Waals surface area contributed by atoms with Gasteiger partial charge in [-0.05, 0) is 31.9 Å². The molecule has 3 rings (SSSR count). The highest BCUT2D eigenvalue weighted by Gasteiger charge is 2.27. The summed E-state index contributed by atoms with van der Waals surface area (Å²) in [5.74, 6) is -1.06. The van der Waals surface area contributed by atoms with Crippen LogP contribution in [0.15, 0.2) is 6.07 Å². The van der Waals surface area contributed by atoms with E-state index in [1.54, 1.807) is 0 Å². The number of anilines is 1. The number of H-pyrrole nitrogens is 1. The van der Waals surface area contributed by atoms with Crippen molar-refractivity contribution in [2.45, 2.75) is 26.3 Å². The minimum absolute atomic E-state index is 0.0515. The highest BCUT2D eigenvalue weighted by molar-refractivity contribution is 6.10. The first-order valence-corrected chi connectivity index (χ1v) is 7.02. The van der Waals surface area contributed by atoms with E-state index in [1.165, 1.54) is 6.07 Å². The van der Waals surface area contributed by atoms with E-state index in [0.717, 1.165) is 23.1 Å². The van der Waals surface area contributed by atoms with Gasteiger partial charge in [0, 0.05) is 30.2 Å². The summed E-state index contributed by atoms with van der Waals surface area (Å²) in [6.45, 7) is 5.15. The van der Waals surface area contributed by atoms with Gasteiger partial charge in [0.25, 0.3) is 5.91 Å². The zero-order chi connectivity index (χ0) is 15.3. The van der Waals surface area contributed by atoms with Crippen molar-refractivity contribution >= 4 is 22.5 Å². The fourth-order valence-electron chi connectivity index (χ4n) is 3.10. The number of carbonyl (C=O) groups is 1. The molecule has 1 saturated heterocycles. The monoisotopic (exact) mass is 290 g/mol. The molecule has 0 bridgehead atoms. The highest BCUT2D eigenvalue weighted by Crippen LogP contribution is 2.37. The fraction of sp³-hybridized carbons (Fsp3) is 0.400. The van der Waals surface area contributed by atoms with Crippen LogP contribution in [-0.2, 0) is 0 Å². The Hall–Kier alpha value is -2.08. The molecule has 21 heavy (non-hydrogen) atoms. The van der Waals surface area contributed by atoms with Gasteiger partial charge in [-0.3, -0.25) is 4.79 Å². The lowest BCUT2D eigenvalue weighted by molar-refractivity contribution is 0.100. The Morgan fingerprint density at radius 3 is 2.76 bits per heavy atom. The molecule has 0 aliphatic carbocycles. The molecule has 0 saturated carbocycles. The number of halogens is 1. The summed E-state index contributed by atoms with van der Waals surface area (Å²) in [6, 6.07) is 1.27. The van der Waals surface area contributed by atoms with Gasteiger partial charge in [-0.15, -0.1) is 0 Å². The Kier molecular flexibility index (Phi) is 3.13. The van der Waals surface area contributed by atoms with Crippen LogP contribution >= 0.6 is 0 Å². The first-order valence-electron chi connectivity index (χ1n) is 7.02. The number of aromatic amines is 1. The molecular formula is C15H19FN4O. The standard InChI is InChI=1S/C15H19FN4O/c1-7-8(2)19-13-10(15(18)21)5-11(16)14(12(7)13)20-4-3-9(17)6-20/h5,9,19H,3-4,6,17H2,1-2H3,(H2,18,21). The second-order valence-electron chi connectivity index (χ2n) is 5.74. The molecule has 2 heterocycles. The third-order valence-electron chi connectivity index (χ3n) is 4.31. The Balaban J connectivity index is 2.32. The molecule has 1 aliphatic heterocycles. The van der Waals surface area contributed by atoms with Crippen molar-refractivity contribution in [2.75, 3.05) is 18.0 Å². The lowest BCUT2D eigenvalue weighted by atomic mass is 10.0. The lowest BCUT2D eigenvalue weighted by Gasteiger charge is -2.21. The molecule has 1 unspecified atom stereocenters. The largest absolute Gasteiger partial charge is 0.367 e. The number of hydrogen-bond acceptors (Lipinski definition) is 3. The van der Waals surface area contributed by atoms with Crippen LogP contribution in [0, 0.1) is 19.7 Å². The van der Waals surface area contributed by atoms with Gasteiger partial charge >= 0.3 is 0 Å². The predicted octanol–water partition coefficient (Wildman–Crippen LogP) is 1.56. The predicted molar refractivity (Wildman–Crippen MR) is 81.1 cm³/mol. The maximum absolute atomic E-state index is 14.6. The first-order chi connectivity index (χ1) is 9.90. The third-order valence-corrected chi connectivity index (χ3v) is 4.31. The number of aryl methyl sites for hydroxylation is 2. The molecule has 1 fully saturated rings. The van der Waals surface area contributed by atoms with Crippen molar-refractivity contribution in [2.24, 2.45) is 11.5 Å². The average molecular weight is 290 g/mol. The Morgan fingerprint density at radius 1 is 1.48 bits per heavy atom. The second kappa shape index (κ2) is 4.73. The van der Waals surface area contributed by atoms with E-state index in [1.807, 2.05) is 18.7 Å². The van der Waals surface area contributed by atoms with Gasteiger partial charge in [0.05, 0.1) is 16.8 Å². The molecule has 5 N–H and O–H groups in total. The number of fused-ring (bicyclic) bond motifs is 1. The Bertz CT molecular complexity index is 737. The third kappa shape index (κ3) is 2.06. The lowest BCUT2D eigenvalue weighted by Crippen LogP contribution is -2.27. The molecule has 2 aromatic rings. The smallest absolute Gasteiger partial charge is 0.250 e. The molecule has 0 radical (unpaired) electrons. The Labute approximate surface area is 122 Å². The van der Waals surface area contributed by atoms with Crippen LogP contribution in [0.2, 0.25) is 0 Å². The molecule has 0 spiro atoms. The number of rotatable bonds is 2. The van der Waals surface area contributed by atoms with E-state index in [-0.39, 0.29) is 11.6 Å². The number of carbonyl (C=O) groups excluding carboxylic acids is 1. The van der Waals surface area contributed by atoms with Crippen LogP contribution in [0.5, 0.6) is 0 Å². The van der Waals surface area contributed by atoms with Gasteiger partial charge in [-0.25, -0.2) is 4.39 Å². The minimum Gasteiger partial charge on any atom is -0.367 e. The van der Waals surface area contributed by atoms with Crippen LogP contribution in [0.1, 0.15) is 28.0 Å². The molecule has 112 valence electrons. The quantitative estimate of drug-likeness (QED) is 0.784. The summed E-state index contributed by atoms with van der Waals surface area (Å²) in [6.07, 6.45) is 0.834. The van der Waals surface area contributed by atoms with Crippen molar-refractivity contribution in [1.82, 2.24) is 4.98 Å². The van der Waals surface area contributed by atoms with E-state index in [9.17, 15) is 9.18 Å². The second-order valence-corrected chi connectivity index (χ2v) is 5.74. The number of primary amides is 1. The van der Waals surface area contributed by atoms with Gasteiger partial charge in [-0.2, -0.15) is 0 Å². The topological polar surface area (TPSA) is 88.1 Å². The van der Waals surface area contributed by atoms with Crippen LogP contribution < -0.4 is 16.4 Å². The number of benzene rings is 1. The van der Waals surface area contributed by atoms with Crippen molar-refractivity contribution in [1.29, 1.82) is 0 Å². The number of nitrogens with one attached hydrogen (secondary N) is 1. The molecule has 5 nitrogen and oxygen atoms in total. The van der Waals surface area contributed by atoms with Crippen LogP contribution in [0.4, 0.5) is 10.1 Å². The van der Waals surface area contributed by atoms with Crippen LogP contribution in [-0.4, -0.2) is 30.0 Å². The molecule has 6 heteroatoms. The molecule has 1 atom stereocenters. The van der Waals surface area contributed by atoms with Gasteiger partial charge in [-0.1, -0.05) is 0 Å². The van der Waals surface area contributed by atoms with Gasteiger partial charge in [0.15, 0.2) is 0 Å². The van der Waals surface area contributed by atoms with Crippen molar-refractivity contribution < 1.29 is 9.18 Å². The maximum atomic E-state index is 14.6. The molecule has 1 aromatic heterocycles. The average Bonchev–Trinajstić information content (AvgIpc) is 2.95. The summed E-state index contributed by atoms with van der Waals surface area (Å²) in [4.78, 5) is 16.7. The minimum atomic E-state index is -0.634. The van der Waals surface area contributed by atoms with Gasteiger partial charge in [0.2, 0.25) is 0 Å². The number of aromatic nitrogens is 1. The van der Waals surface area contributed by atoms with Crippen LogP contribution in [0.3, 0.4) is 0 Å². The van der Waals surface area contributed by atoms with E-state index < -0.39 is 11.7 Å². The Morgan fingerprint density at radius 2 is 2.19 bits per heavy atom. The summed E-state index contributed by atoms with van der Waals surface area (Å²) in [5.41, 5.74) is 14.5. The molecular weight excluding hydrogens is 271 g/mol. The number of hydrogen-bond donors (Lipinski definition) is 3. The summed E-state index contributed by atoms with van der Waals surface area (Å²) < 4.78 is 14.6. The zero-order valence-corrected chi connectivity index (χ0v) is 12.2. The SMILES string of the molecule is Cc1[nH]c2c(C(N)=O)cc(F)c(N3CCC(N)C3)c2c1C. The van der Waals surface area contributed by atoms with E-state index in [4.69, 9.17) is 11.5 Å². The van der Waals surface area contributed by atoms with E-state index in [2.05, 4.69) is 4.98 Å². The van der Waals surface area contributed by atoms with Crippen molar-refractivity contribution in [3.8, 4) is 0 Å². The van der Waals surface area contributed by atoms with Gasteiger partial charge in [0.1, 0.15) is 5.82 Å². The van der Waals surface area contributed by atoms with Crippen molar-refractivity contribution in [3.63, 3.8) is 0 Å². The maximum Gasteiger partial charge on any atom is 0.250 e. The summed E-state index contributed by atoms with van der Waals surface area (Å²) in [7, 11) is 0. The number of nitrogens with two attached hydrogens (primary N) is 2. The van der Waals surface area contributed by atoms with E-state index >= 15 is 0 Å². The van der Waals surface area contributed by atoms with Crippen molar-refractivity contribution in [3.05, 3.63) is 28.7 Å². The number of nitrogens with zero attached hydrogens (tertiary/aromatic N) is 1. The van der Waals surface area contributed by atoms with Gasteiger partial charge < -0.3 is 21.4 Å². The number of amides is 1. The van der Waals surface area contributed by atoms with Crippen LogP contribution in [0.25, 0.3) is 10.9 Å². The summed E-state index contributed by atoms with van der Waals surface area (Å²) in [5, 5.41) is 0.732. The zero-order valence-electron chi connectivity index (χ0n) is 12.2. The molecule has 1 amide bonds. The highest BCUT2D eigenvalue weighted by atomic mass is 19.1. The van der Waals surface area contributed by atoms with E-state index in [0.29, 0.717) is 24.3 Å². The molecule has 1 aromatic carbocycles. The fourth-order valence-corrected chi connectivity index (χ4v) is 3.10. The molecule has 1 aliphatic rings.